The van der Waals surface area contributed by atoms with Gasteiger partial charge in [0.25, 0.3) is 0 Å². The van der Waals surface area contributed by atoms with Crippen LogP contribution in [0.15, 0.2) is 24.3 Å². The summed E-state index contributed by atoms with van der Waals surface area (Å²) in [5.74, 6) is 0.813. The number of phenolic OH excluding ortho intramolecular Hbond substituents is 2. The van der Waals surface area contributed by atoms with Crippen LogP contribution in [0.5, 0.6) is 11.5 Å². The van der Waals surface area contributed by atoms with Gasteiger partial charge in [-0.1, -0.05) is 58.9 Å². The molecular formula is C27H40O4. The normalized spacial score (nSPS) is 12.9. The quantitative estimate of drug-likeness (QED) is 0.411. The van der Waals surface area contributed by atoms with Crippen molar-refractivity contribution in [1.82, 2.24) is 0 Å². The molecule has 4 nitrogen and oxygen atoms in total. The fourth-order valence-corrected chi connectivity index (χ4v) is 4.04. The maximum atomic E-state index is 11.1. The molecule has 0 aliphatic carbocycles. The van der Waals surface area contributed by atoms with Crippen molar-refractivity contribution in [2.24, 2.45) is 0 Å². The minimum Gasteiger partial charge on any atom is -0.507 e. The lowest BCUT2D eigenvalue weighted by molar-refractivity contribution is 0.288. The number of benzene rings is 2. The Balaban J connectivity index is 2.57. The summed E-state index contributed by atoms with van der Waals surface area (Å²) in [5, 5.41) is 40.7. The second kappa shape index (κ2) is 11.0. The molecule has 0 aliphatic heterocycles. The highest BCUT2D eigenvalue weighted by Gasteiger charge is 2.23. The van der Waals surface area contributed by atoms with Gasteiger partial charge in [-0.3, -0.25) is 0 Å². The summed E-state index contributed by atoms with van der Waals surface area (Å²) in [6.07, 6.45) is 4.21. The monoisotopic (exact) mass is 428 g/mol. The van der Waals surface area contributed by atoms with Crippen molar-refractivity contribution in [2.45, 2.75) is 84.5 Å². The predicted molar refractivity (Wildman–Crippen MR) is 127 cm³/mol. The van der Waals surface area contributed by atoms with Crippen molar-refractivity contribution >= 4 is 0 Å². The average molecular weight is 429 g/mol. The van der Waals surface area contributed by atoms with Crippen molar-refractivity contribution in [3.63, 3.8) is 0 Å². The van der Waals surface area contributed by atoms with E-state index in [-0.39, 0.29) is 30.3 Å². The van der Waals surface area contributed by atoms with E-state index in [1.807, 2.05) is 18.2 Å². The number of phenols is 2. The highest BCUT2D eigenvalue weighted by Crippen LogP contribution is 2.39. The third-order valence-electron chi connectivity index (χ3n) is 6.11. The van der Waals surface area contributed by atoms with Crippen LogP contribution in [0.2, 0.25) is 0 Å². The van der Waals surface area contributed by atoms with E-state index < -0.39 is 0 Å². The van der Waals surface area contributed by atoms with Crippen LogP contribution >= 0.6 is 0 Å². The van der Waals surface area contributed by atoms with Crippen LogP contribution in [0, 0.1) is 0 Å². The van der Waals surface area contributed by atoms with Crippen LogP contribution in [-0.2, 0) is 24.7 Å². The van der Waals surface area contributed by atoms with Gasteiger partial charge in [-0.2, -0.15) is 0 Å². The number of aromatic hydroxyl groups is 2. The highest BCUT2D eigenvalue weighted by molar-refractivity contribution is 5.53. The van der Waals surface area contributed by atoms with E-state index in [0.717, 1.165) is 52.6 Å². The van der Waals surface area contributed by atoms with Crippen LogP contribution < -0.4 is 0 Å². The zero-order valence-corrected chi connectivity index (χ0v) is 19.8. The fraction of sp³-hybridized carbons (Fsp3) is 0.556. The molecule has 0 heterocycles. The van der Waals surface area contributed by atoms with Crippen LogP contribution in [0.4, 0.5) is 0 Å². The summed E-state index contributed by atoms with van der Waals surface area (Å²) < 4.78 is 0. The Labute approximate surface area is 187 Å². The van der Waals surface area contributed by atoms with E-state index in [1.54, 1.807) is 0 Å². The molecule has 1 unspecified atom stereocenters. The minimum absolute atomic E-state index is 0.132. The first kappa shape index (κ1) is 25.2. The van der Waals surface area contributed by atoms with Gasteiger partial charge in [0, 0.05) is 19.6 Å². The number of hydrogen-bond donors (Lipinski definition) is 4. The van der Waals surface area contributed by atoms with Crippen LogP contribution in [-0.4, -0.2) is 33.6 Å². The highest BCUT2D eigenvalue weighted by atomic mass is 16.3. The standard InChI is InChI=1S/C27H40O4/c1-6-18(2)23-15-19(9-7-11-28)13-21(25(23)30)17-22-14-20(10-8-12-29)16-24(26(22)31)27(3,4)5/h13-16,18,28-31H,6-12,17H2,1-5H3. The summed E-state index contributed by atoms with van der Waals surface area (Å²) in [4.78, 5) is 0. The molecule has 0 aromatic heterocycles. The first-order valence-corrected chi connectivity index (χ1v) is 11.5. The van der Waals surface area contributed by atoms with Gasteiger partial charge >= 0.3 is 0 Å². The summed E-state index contributed by atoms with van der Waals surface area (Å²) in [5.41, 5.74) is 5.39. The summed E-state index contributed by atoms with van der Waals surface area (Å²) in [6, 6.07) is 8.11. The lowest BCUT2D eigenvalue weighted by Gasteiger charge is -2.24. The molecule has 2 rings (SSSR count). The molecule has 0 radical (unpaired) electrons. The molecule has 0 aliphatic rings. The van der Waals surface area contributed by atoms with Crippen LogP contribution in [0.3, 0.4) is 0 Å². The van der Waals surface area contributed by atoms with Gasteiger partial charge in [-0.05, 0) is 76.8 Å². The minimum atomic E-state index is -0.221. The van der Waals surface area contributed by atoms with E-state index in [0.29, 0.717) is 25.0 Å². The summed E-state index contributed by atoms with van der Waals surface area (Å²) in [6.45, 7) is 10.7. The lowest BCUT2D eigenvalue weighted by Crippen LogP contribution is -2.13. The lowest BCUT2D eigenvalue weighted by atomic mass is 9.82. The van der Waals surface area contributed by atoms with E-state index in [9.17, 15) is 20.4 Å². The molecule has 4 heteroatoms. The number of aliphatic hydroxyl groups excluding tert-OH is 2. The molecule has 0 saturated heterocycles. The molecule has 0 fully saturated rings. The van der Waals surface area contributed by atoms with Gasteiger partial charge in [0.2, 0.25) is 0 Å². The molecule has 0 spiro atoms. The topological polar surface area (TPSA) is 80.9 Å². The van der Waals surface area contributed by atoms with Crippen molar-refractivity contribution in [1.29, 1.82) is 0 Å². The fourth-order valence-electron chi connectivity index (χ4n) is 4.04. The zero-order valence-electron chi connectivity index (χ0n) is 19.8. The Bertz CT molecular complexity index is 865. The third-order valence-corrected chi connectivity index (χ3v) is 6.11. The largest absolute Gasteiger partial charge is 0.507 e. The van der Waals surface area contributed by atoms with Crippen molar-refractivity contribution in [3.05, 3.63) is 57.6 Å². The van der Waals surface area contributed by atoms with E-state index in [4.69, 9.17) is 0 Å². The molecule has 0 amide bonds. The zero-order chi connectivity index (χ0) is 23.2. The first-order valence-electron chi connectivity index (χ1n) is 11.5. The van der Waals surface area contributed by atoms with Gasteiger partial charge in [0.1, 0.15) is 11.5 Å². The molecule has 172 valence electrons. The summed E-state index contributed by atoms with van der Waals surface area (Å²) in [7, 11) is 0. The van der Waals surface area contributed by atoms with Gasteiger partial charge in [-0.15, -0.1) is 0 Å². The second-order valence-corrected chi connectivity index (χ2v) is 9.73. The number of rotatable bonds is 10. The van der Waals surface area contributed by atoms with Crippen molar-refractivity contribution in [2.75, 3.05) is 13.2 Å². The Kier molecular flexibility index (Phi) is 8.96. The Morgan fingerprint density at radius 2 is 1.32 bits per heavy atom. The van der Waals surface area contributed by atoms with Gasteiger partial charge in [0.05, 0.1) is 0 Å². The Hall–Kier alpha value is -2.04. The smallest absolute Gasteiger partial charge is 0.122 e. The molecule has 0 saturated carbocycles. The van der Waals surface area contributed by atoms with Crippen LogP contribution in [0.1, 0.15) is 93.2 Å². The number of aliphatic hydroxyl groups is 2. The molecule has 2 aromatic rings. The first-order chi connectivity index (χ1) is 14.6. The summed E-state index contributed by atoms with van der Waals surface area (Å²) >= 11 is 0. The van der Waals surface area contributed by atoms with E-state index in [2.05, 4.69) is 40.7 Å². The SMILES string of the molecule is CCC(C)c1cc(CCCO)cc(Cc2cc(CCCO)cc(C(C)(C)C)c2O)c1O. The molecular weight excluding hydrogens is 388 g/mol. The second-order valence-electron chi connectivity index (χ2n) is 9.73. The predicted octanol–water partition coefficient (Wildman–Crippen LogP) is 5.35. The maximum Gasteiger partial charge on any atom is 0.122 e. The number of aryl methyl sites for hydroxylation is 2. The Morgan fingerprint density at radius 3 is 1.81 bits per heavy atom. The molecule has 2 aromatic carbocycles. The molecule has 0 bridgehead atoms. The van der Waals surface area contributed by atoms with Gasteiger partial charge < -0.3 is 20.4 Å². The Morgan fingerprint density at radius 1 is 0.806 bits per heavy atom. The molecule has 4 N–H and O–H groups in total. The van der Waals surface area contributed by atoms with Crippen molar-refractivity contribution in [3.8, 4) is 11.5 Å². The van der Waals surface area contributed by atoms with Gasteiger partial charge in [0.15, 0.2) is 0 Å². The van der Waals surface area contributed by atoms with Gasteiger partial charge in [-0.25, -0.2) is 0 Å². The van der Waals surface area contributed by atoms with Crippen molar-refractivity contribution < 1.29 is 20.4 Å². The molecule has 31 heavy (non-hydrogen) atoms. The average Bonchev–Trinajstić information content (AvgIpc) is 2.72. The number of hydrogen-bond acceptors (Lipinski definition) is 4. The van der Waals surface area contributed by atoms with E-state index >= 15 is 0 Å². The van der Waals surface area contributed by atoms with E-state index in [1.165, 1.54) is 0 Å². The molecule has 1 atom stereocenters. The van der Waals surface area contributed by atoms with Crippen LogP contribution in [0.25, 0.3) is 0 Å². The maximum absolute atomic E-state index is 11.1. The third kappa shape index (κ3) is 6.47.